The lowest BCUT2D eigenvalue weighted by Gasteiger charge is -2.06. The fourth-order valence-electron chi connectivity index (χ4n) is 1.60. The Morgan fingerprint density at radius 3 is 2.94 bits per heavy atom. The van der Waals surface area contributed by atoms with Crippen LogP contribution in [0.4, 0.5) is 6.01 Å². The summed E-state index contributed by atoms with van der Waals surface area (Å²) < 4.78 is 15.4. The second kappa shape index (κ2) is 6.07. The lowest BCUT2D eigenvalue weighted by Crippen LogP contribution is -2.04. The maximum absolute atomic E-state index is 5.54. The fraction of sp³-hybridized carbons (Fsp3) is 0.308. The maximum atomic E-state index is 5.54. The van der Waals surface area contributed by atoms with E-state index in [0.717, 1.165) is 17.0 Å². The van der Waals surface area contributed by atoms with E-state index in [0.29, 0.717) is 19.6 Å². The predicted molar refractivity (Wildman–Crippen MR) is 67.5 cm³/mol. The van der Waals surface area contributed by atoms with Gasteiger partial charge < -0.3 is 19.6 Å². The number of nitrogens with two attached hydrogens (primary N) is 1. The Morgan fingerprint density at radius 1 is 1.33 bits per heavy atom. The van der Waals surface area contributed by atoms with E-state index < -0.39 is 0 Å². The van der Waals surface area contributed by atoms with Crippen molar-refractivity contribution in [1.82, 2.24) is 4.98 Å². The van der Waals surface area contributed by atoms with E-state index in [1.165, 1.54) is 0 Å². The second-order valence-electron chi connectivity index (χ2n) is 3.84. The molecule has 1 aromatic carbocycles. The van der Waals surface area contributed by atoms with Crippen molar-refractivity contribution >= 4 is 6.01 Å². The van der Waals surface area contributed by atoms with Gasteiger partial charge in [-0.2, -0.15) is 4.98 Å². The van der Waals surface area contributed by atoms with Crippen molar-refractivity contribution in [2.45, 2.75) is 6.42 Å². The number of ether oxygens (including phenoxy) is 2. The highest BCUT2D eigenvalue weighted by Crippen LogP contribution is 2.16. The van der Waals surface area contributed by atoms with E-state index in [1.807, 2.05) is 24.3 Å². The summed E-state index contributed by atoms with van der Waals surface area (Å²) in [6.07, 6.45) is 2.23. The van der Waals surface area contributed by atoms with Crippen LogP contribution in [0.5, 0.6) is 5.75 Å². The van der Waals surface area contributed by atoms with Gasteiger partial charge in [0.1, 0.15) is 18.6 Å². The molecule has 0 bridgehead atoms. The summed E-state index contributed by atoms with van der Waals surface area (Å²) in [5.74, 6) is 0.820. The van der Waals surface area contributed by atoms with Gasteiger partial charge in [-0.1, -0.05) is 12.1 Å². The molecule has 5 nitrogen and oxygen atoms in total. The molecule has 0 spiro atoms. The number of aromatic nitrogens is 1. The minimum Gasteiger partial charge on any atom is -0.491 e. The zero-order chi connectivity index (χ0) is 12.8. The summed E-state index contributed by atoms with van der Waals surface area (Å²) in [4.78, 5) is 4.06. The molecule has 1 heterocycles. The van der Waals surface area contributed by atoms with E-state index in [1.54, 1.807) is 13.4 Å². The first-order valence-electron chi connectivity index (χ1n) is 5.68. The van der Waals surface area contributed by atoms with Crippen LogP contribution in [0.2, 0.25) is 0 Å². The first-order valence-corrected chi connectivity index (χ1v) is 5.68. The standard InChI is InChI=1S/C13H16N2O3/c1-16-5-6-17-12-4-2-3-10(8-12)7-11-9-18-13(14)15-11/h2-4,8-9H,5-7H2,1H3,(H2,14,15). The van der Waals surface area contributed by atoms with Gasteiger partial charge in [-0.25, -0.2) is 0 Å². The third kappa shape index (κ3) is 3.49. The largest absolute Gasteiger partial charge is 0.491 e. The lowest BCUT2D eigenvalue weighted by molar-refractivity contribution is 0.146. The van der Waals surface area contributed by atoms with Crippen LogP contribution in [0.3, 0.4) is 0 Å². The molecule has 1 aromatic heterocycles. The smallest absolute Gasteiger partial charge is 0.292 e. The number of methoxy groups -OCH3 is 1. The Hall–Kier alpha value is -2.01. The van der Waals surface area contributed by atoms with Gasteiger partial charge in [0.25, 0.3) is 6.01 Å². The van der Waals surface area contributed by atoms with Crippen molar-refractivity contribution in [1.29, 1.82) is 0 Å². The molecule has 0 atom stereocenters. The highest BCUT2D eigenvalue weighted by atomic mass is 16.5. The molecule has 0 aliphatic carbocycles. The molecule has 0 unspecified atom stereocenters. The zero-order valence-corrected chi connectivity index (χ0v) is 10.3. The molecule has 96 valence electrons. The average molecular weight is 248 g/mol. The van der Waals surface area contributed by atoms with Crippen LogP contribution in [-0.4, -0.2) is 25.3 Å². The summed E-state index contributed by atoms with van der Waals surface area (Å²) >= 11 is 0. The van der Waals surface area contributed by atoms with Crippen molar-refractivity contribution in [3.8, 4) is 5.75 Å². The van der Waals surface area contributed by atoms with Crippen LogP contribution in [0.25, 0.3) is 0 Å². The van der Waals surface area contributed by atoms with Crippen LogP contribution in [0.15, 0.2) is 34.9 Å². The van der Waals surface area contributed by atoms with E-state index in [9.17, 15) is 0 Å². The Balaban J connectivity index is 1.98. The Kier molecular flexibility index (Phi) is 4.20. The first kappa shape index (κ1) is 12.4. The number of nitrogen functional groups attached to an aromatic ring is 1. The van der Waals surface area contributed by atoms with Crippen molar-refractivity contribution in [3.05, 3.63) is 41.8 Å². The number of nitrogens with zero attached hydrogens (tertiary/aromatic N) is 1. The number of anilines is 1. The van der Waals surface area contributed by atoms with Crippen LogP contribution in [-0.2, 0) is 11.2 Å². The normalized spacial score (nSPS) is 10.5. The Morgan fingerprint density at radius 2 is 2.22 bits per heavy atom. The zero-order valence-electron chi connectivity index (χ0n) is 10.3. The predicted octanol–water partition coefficient (Wildman–Crippen LogP) is 1.87. The van der Waals surface area contributed by atoms with Gasteiger partial charge in [-0.15, -0.1) is 0 Å². The molecule has 18 heavy (non-hydrogen) atoms. The number of hydrogen-bond donors (Lipinski definition) is 1. The summed E-state index contributed by atoms with van der Waals surface area (Å²) in [5, 5.41) is 0. The van der Waals surface area contributed by atoms with Gasteiger partial charge in [0.05, 0.1) is 12.3 Å². The molecular weight excluding hydrogens is 232 g/mol. The second-order valence-corrected chi connectivity index (χ2v) is 3.84. The number of oxazole rings is 1. The van der Waals surface area contributed by atoms with Crippen molar-refractivity contribution in [2.24, 2.45) is 0 Å². The first-order chi connectivity index (χ1) is 8.78. The molecule has 0 amide bonds. The molecule has 2 aromatic rings. The average Bonchev–Trinajstić information content (AvgIpc) is 2.76. The number of hydrogen-bond acceptors (Lipinski definition) is 5. The number of rotatable bonds is 6. The fourth-order valence-corrected chi connectivity index (χ4v) is 1.60. The monoisotopic (exact) mass is 248 g/mol. The minimum atomic E-state index is 0.192. The summed E-state index contributed by atoms with van der Waals surface area (Å²) in [5.41, 5.74) is 7.33. The third-order valence-electron chi connectivity index (χ3n) is 2.41. The molecule has 0 saturated heterocycles. The van der Waals surface area contributed by atoms with Gasteiger partial charge >= 0.3 is 0 Å². The van der Waals surface area contributed by atoms with Crippen molar-refractivity contribution in [2.75, 3.05) is 26.1 Å². The highest BCUT2D eigenvalue weighted by Gasteiger charge is 2.03. The molecule has 2 rings (SSSR count). The molecule has 0 radical (unpaired) electrons. The van der Waals surface area contributed by atoms with Gasteiger partial charge in [0, 0.05) is 13.5 Å². The summed E-state index contributed by atoms with van der Waals surface area (Å²) in [6, 6.07) is 8.03. The third-order valence-corrected chi connectivity index (χ3v) is 2.41. The van der Waals surface area contributed by atoms with Gasteiger partial charge in [-0.05, 0) is 17.7 Å². The minimum absolute atomic E-state index is 0.192. The van der Waals surface area contributed by atoms with Gasteiger partial charge in [-0.3, -0.25) is 0 Å². The Bertz CT molecular complexity index is 496. The van der Waals surface area contributed by atoms with Crippen molar-refractivity contribution in [3.63, 3.8) is 0 Å². The quantitative estimate of drug-likeness (QED) is 0.790. The van der Waals surface area contributed by atoms with Gasteiger partial charge in [0.2, 0.25) is 0 Å². The number of benzene rings is 1. The topological polar surface area (TPSA) is 70.5 Å². The van der Waals surface area contributed by atoms with E-state index in [4.69, 9.17) is 19.6 Å². The molecular formula is C13H16N2O3. The van der Waals surface area contributed by atoms with E-state index in [-0.39, 0.29) is 6.01 Å². The SMILES string of the molecule is COCCOc1cccc(Cc2coc(N)n2)c1. The Labute approximate surface area is 106 Å². The molecule has 0 aliphatic heterocycles. The molecule has 2 N–H and O–H groups in total. The molecule has 0 saturated carbocycles. The lowest BCUT2D eigenvalue weighted by atomic mass is 10.1. The van der Waals surface area contributed by atoms with Crippen LogP contribution in [0, 0.1) is 0 Å². The molecule has 0 fully saturated rings. The van der Waals surface area contributed by atoms with Gasteiger partial charge in [0.15, 0.2) is 0 Å². The van der Waals surface area contributed by atoms with Crippen LogP contribution < -0.4 is 10.5 Å². The highest BCUT2D eigenvalue weighted by molar-refractivity contribution is 5.31. The maximum Gasteiger partial charge on any atom is 0.292 e. The molecule has 0 aliphatic rings. The summed E-state index contributed by atoms with van der Waals surface area (Å²) in [7, 11) is 1.65. The molecule has 5 heteroatoms. The van der Waals surface area contributed by atoms with E-state index >= 15 is 0 Å². The van der Waals surface area contributed by atoms with E-state index in [2.05, 4.69) is 4.98 Å². The van der Waals surface area contributed by atoms with Crippen LogP contribution in [0.1, 0.15) is 11.3 Å². The van der Waals surface area contributed by atoms with Crippen molar-refractivity contribution < 1.29 is 13.9 Å². The van der Waals surface area contributed by atoms with Crippen LogP contribution >= 0.6 is 0 Å². The summed E-state index contributed by atoms with van der Waals surface area (Å²) in [6.45, 7) is 1.11.